The minimum Gasteiger partial charge on any atom is -0.382 e. The number of nitrogens with one attached hydrogen (secondary N) is 1. The second-order valence-electron chi connectivity index (χ2n) is 8.44. The molecule has 3 aliphatic rings. The van der Waals surface area contributed by atoms with Crippen molar-refractivity contribution in [1.29, 1.82) is 0 Å². The Morgan fingerprint density at radius 2 is 1.87 bits per heavy atom. The van der Waals surface area contributed by atoms with E-state index in [9.17, 15) is 14.4 Å². The van der Waals surface area contributed by atoms with Gasteiger partial charge in [0.05, 0.1) is 22.9 Å². The number of amides is 3. The number of carbonyl (C=O) groups excluding carboxylic acids is 3. The summed E-state index contributed by atoms with van der Waals surface area (Å²) >= 11 is 0. The van der Waals surface area contributed by atoms with Crippen LogP contribution in [0.3, 0.4) is 0 Å². The number of likely N-dealkylation sites (tertiary alicyclic amines) is 1. The highest BCUT2D eigenvalue weighted by molar-refractivity contribution is 6.09. The van der Waals surface area contributed by atoms with Crippen LogP contribution in [-0.4, -0.2) is 51.9 Å². The van der Waals surface area contributed by atoms with Crippen molar-refractivity contribution in [3.8, 4) is 0 Å². The summed E-state index contributed by atoms with van der Waals surface area (Å²) in [5, 5.41) is 2.82. The molecule has 5 rings (SSSR count). The van der Waals surface area contributed by atoms with E-state index in [0.717, 1.165) is 28.8 Å². The van der Waals surface area contributed by atoms with Crippen molar-refractivity contribution < 1.29 is 19.1 Å². The minimum atomic E-state index is -0.414. The number of hydrogen-bond donors (Lipinski definition) is 1. The highest BCUT2D eigenvalue weighted by Crippen LogP contribution is 2.52. The van der Waals surface area contributed by atoms with Gasteiger partial charge in [-0.2, -0.15) is 0 Å². The fraction of sp³-hybridized carbons (Fsp3) is 0.478. The van der Waals surface area contributed by atoms with Gasteiger partial charge in [0.15, 0.2) is 0 Å². The van der Waals surface area contributed by atoms with Gasteiger partial charge in [0, 0.05) is 19.8 Å². The zero-order valence-corrected chi connectivity index (χ0v) is 17.5. The number of aryl methyl sites for hydroxylation is 1. The first kappa shape index (κ1) is 19.9. The molecule has 1 N–H and O–H groups in total. The van der Waals surface area contributed by atoms with Gasteiger partial charge in [-0.05, 0) is 43.7 Å². The van der Waals surface area contributed by atoms with Crippen LogP contribution in [0, 0.1) is 23.7 Å². The first-order chi connectivity index (χ1) is 15.1. The standard InChI is InChI=1S/C23H26N4O4/c1-2-31-11-5-10-26-17-7-4-3-6-16(17)24-23(26)25-18(28)13-27-21(29)19-14-8-9-15(12-14)20(19)22(27)30/h3-4,6-9,14-15,19-20H,2,5,10-13H2,1H3,(H,24,25,28). The number of anilines is 1. The van der Waals surface area contributed by atoms with Crippen molar-refractivity contribution in [2.45, 2.75) is 26.3 Å². The van der Waals surface area contributed by atoms with E-state index in [1.807, 2.05) is 47.9 Å². The summed E-state index contributed by atoms with van der Waals surface area (Å²) in [6, 6.07) is 7.67. The van der Waals surface area contributed by atoms with Gasteiger partial charge in [-0.25, -0.2) is 4.98 Å². The van der Waals surface area contributed by atoms with Gasteiger partial charge in [-0.15, -0.1) is 0 Å². The summed E-state index contributed by atoms with van der Waals surface area (Å²) < 4.78 is 7.37. The van der Waals surface area contributed by atoms with Crippen LogP contribution < -0.4 is 5.32 Å². The minimum absolute atomic E-state index is 0.133. The van der Waals surface area contributed by atoms with E-state index in [2.05, 4.69) is 10.3 Å². The Morgan fingerprint density at radius 3 is 2.58 bits per heavy atom. The third-order valence-electron chi connectivity index (χ3n) is 6.64. The summed E-state index contributed by atoms with van der Waals surface area (Å²) in [4.78, 5) is 44.2. The van der Waals surface area contributed by atoms with Gasteiger partial charge in [-0.3, -0.25) is 24.6 Å². The number of ether oxygens (including phenoxy) is 1. The number of hydrogen-bond acceptors (Lipinski definition) is 5. The summed E-state index contributed by atoms with van der Waals surface area (Å²) in [5.74, 6) is -0.744. The molecule has 1 saturated carbocycles. The Balaban J connectivity index is 1.30. The number of imide groups is 1. The van der Waals surface area contributed by atoms with Crippen LogP contribution in [0.5, 0.6) is 0 Å². The number of carbonyl (C=O) groups is 3. The van der Waals surface area contributed by atoms with E-state index in [-0.39, 0.29) is 42.0 Å². The average Bonchev–Trinajstić information content (AvgIpc) is 3.51. The highest BCUT2D eigenvalue weighted by Gasteiger charge is 2.59. The number of imidazole rings is 1. The third kappa shape index (κ3) is 3.35. The van der Waals surface area contributed by atoms with Gasteiger partial charge in [0.25, 0.3) is 0 Å². The van der Waals surface area contributed by atoms with Gasteiger partial charge < -0.3 is 9.30 Å². The first-order valence-electron chi connectivity index (χ1n) is 10.9. The number of rotatable bonds is 8. The van der Waals surface area contributed by atoms with E-state index >= 15 is 0 Å². The number of nitrogens with zero attached hydrogens (tertiary/aromatic N) is 3. The quantitative estimate of drug-likeness (QED) is 0.400. The first-order valence-corrected chi connectivity index (χ1v) is 10.9. The van der Waals surface area contributed by atoms with Crippen LogP contribution in [0.1, 0.15) is 19.8 Å². The van der Waals surface area contributed by atoms with Crippen molar-refractivity contribution in [3.05, 3.63) is 36.4 Å². The molecule has 0 radical (unpaired) electrons. The fourth-order valence-corrected chi connectivity index (χ4v) is 5.29. The van der Waals surface area contributed by atoms with Crippen molar-refractivity contribution in [3.63, 3.8) is 0 Å². The normalized spacial score (nSPS) is 26.3. The van der Waals surface area contributed by atoms with Crippen LogP contribution in [0.2, 0.25) is 0 Å². The second-order valence-corrected chi connectivity index (χ2v) is 8.44. The Bertz CT molecular complexity index is 1040. The number of fused-ring (bicyclic) bond motifs is 6. The van der Waals surface area contributed by atoms with Crippen molar-refractivity contribution >= 4 is 34.7 Å². The predicted octanol–water partition coefficient (Wildman–Crippen LogP) is 2.21. The molecule has 2 fully saturated rings. The Morgan fingerprint density at radius 1 is 1.16 bits per heavy atom. The maximum absolute atomic E-state index is 12.8. The molecule has 2 bridgehead atoms. The molecule has 1 saturated heterocycles. The Hall–Kier alpha value is -3.00. The molecule has 4 unspecified atom stereocenters. The molecular formula is C23H26N4O4. The van der Waals surface area contributed by atoms with Crippen molar-refractivity contribution in [1.82, 2.24) is 14.5 Å². The van der Waals surface area contributed by atoms with Crippen molar-refractivity contribution in [2.24, 2.45) is 23.7 Å². The zero-order valence-electron chi connectivity index (χ0n) is 17.5. The number of aromatic nitrogens is 2. The molecule has 8 nitrogen and oxygen atoms in total. The summed E-state index contributed by atoms with van der Waals surface area (Å²) in [5.41, 5.74) is 1.69. The van der Waals surface area contributed by atoms with Crippen LogP contribution >= 0.6 is 0 Å². The molecule has 2 heterocycles. The average molecular weight is 422 g/mol. The van der Waals surface area contributed by atoms with Crippen LogP contribution in [0.15, 0.2) is 36.4 Å². The second kappa shape index (κ2) is 7.92. The molecule has 8 heteroatoms. The van der Waals surface area contributed by atoms with E-state index in [1.165, 1.54) is 0 Å². The lowest BCUT2D eigenvalue weighted by Gasteiger charge is -2.17. The number of allylic oxidation sites excluding steroid dienone is 2. The molecule has 1 aromatic heterocycles. The topological polar surface area (TPSA) is 93.5 Å². The SMILES string of the molecule is CCOCCCn1c(NC(=O)CN2C(=O)C3C4C=CC(C4)C3C2=O)nc2ccccc21. The molecular weight excluding hydrogens is 396 g/mol. The van der Waals surface area contributed by atoms with E-state index in [1.54, 1.807) is 0 Å². The molecule has 0 spiro atoms. The lowest BCUT2D eigenvalue weighted by atomic mass is 9.85. The number of benzene rings is 1. The number of para-hydroxylation sites is 2. The molecule has 1 aromatic carbocycles. The molecule has 2 aliphatic carbocycles. The zero-order chi connectivity index (χ0) is 21.5. The molecule has 31 heavy (non-hydrogen) atoms. The molecule has 2 aromatic rings. The summed E-state index contributed by atoms with van der Waals surface area (Å²) in [6.45, 7) is 3.59. The largest absolute Gasteiger partial charge is 0.382 e. The van der Waals surface area contributed by atoms with Crippen LogP contribution in [-0.2, 0) is 25.7 Å². The molecule has 1 aliphatic heterocycles. The smallest absolute Gasteiger partial charge is 0.246 e. The highest BCUT2D eigenvalue weighted by atomic mass is 16.5. The lowest BCUT2D eigenvalue weighted by Crippen LogP contribution is -2.39. The molecule has 4 atom stereocenters. The van der Waals surface area contributed by atoms with Gasteiger partial charge >= 0.3 is 0 Å². The van der Waals surface area contributed by atoms with Gasteiger partial charge in [0.2, 0.25) is 23.7 Å². The van der Waals surface area contributed by atoms with Gasteiger partial charge in [0.1, 0.15) is 6.54 Å². The van der Waals surface area contributed by atoms with Gasteiger partial charge in [-0.1, -0.05) is 24.3 Å². The van der Waals surface area contributed by atoms with Crippen molar-refractivity contribution in [2.75, 3.05) is 25.1 Å². The maximum atomic E-state index is 12.8. The fourth-order valence-electron chi connectivity index (χ4n) is 5.29. The maximum Gasteiger partial charge on any atom is 0.246 e. The predicted molar refractivity (Wildman–Crippen MR) is 114 cm³/mol. The lowest BCUT2D eigenvalue weighted by molar-refractivity contribution is -0.143. The van der Waals surface area contributed by atoms with E-state index < -0.39 is 5.91 Å². The van der Waals surface area contributed by atoms with Crippen LogP contribution in [0.4, 0.5) is 5.95 Å². The Kier molecular flexibility index (Phi) is 5.09. The molecule has 3 amide bonds. The van der Waals surface area contributed by atoms with E-state index in [4.69, 9.17) is 4.74 Å². The van der Waals surface area contributed by atoms with E-state index in [0.29, 0.717) is 25.7 Å². The molecule has 162 valence electrons. The monoisotopic (exact) mass is 422 g/mol. The Labute approximate surface area is 180 Å². The van der Waals surface area contributed by atoms with Crippen LogP contribution in [0.25, 0.3) is 11.0 Å². The summed E-state index contributed by atoms with van der Waals surface area (Å²) in [7, 11) is 0. The third-order valence-corrected chi connectivity index (χ3v) is 6.64. The summed E-state index contributed by atoms with van der Waals surface area (Å²) in [6.07, 6.45) is 5.74.